The van der Waals surface area contributed by atoms with Crippen molar-refractivity contribution in [2.75, 3.05) is 0 Å². The van der Waals surface area contributed by atoms with E-state index in [9.17, 15) is 10.1 Å². The third-order valence-corrected chi connectivity index (χ3v) is 4.18. The number of rotatable bonds is 3. The Morgan fingerprint density at radius 3 is 2.30 bits per heavy atom. The fourth-order valence-electron chi connectivity index (χ4n) is 2.89. The van der Waals surface area contributed by atoms with Crippen LogP contribution in [0.3, 0.4) is 0 Å². The monoisotopic (exact) mass is 350 g/mol. The van der Waals surface area contributed by atoms with Crippen molar-refractivity contribution in [2.24, 2.45) is 0 Å². The van der Waals surface area contributed by atoms with Gasteiger partial charge in [0.2, 0.25) is 0 Å². The number of nitrogens with zero attached hydrogens (tertiary/aromatic N) is 4. The average molecular weight is 350 g/mol. The van der Waals surface area contributed by atoms with Gasteiger partial charge >= 0.3 is 0 Å². The van der Waals surface area contributed by atoms with E-state index in [0.717, 1.165) is 0 Å². The molecular formula is C22H14N4O. The van der Waals surface area contributed by atoms with E-state index >= 15 is 0 Å². The van der Waals surface area contributed by atoms with Crippen LogP contribution in [0.2, 0.25) is 0 Å². The molecule has 0 amide bonds. The molecule has 2 aromatic heterocycles. The fraction of sp³-hybridized carbons (Fsp3) is 0. The molecule has 2 aromatic carbocycles. The van der Waals surface area contributed by atoms with Gasteiger partial charge in [0, 0.05) is 11.8 Å². The summed E-state index contributed by atoms with van der Waals surface area (Å²) in [5.41, 5.74) is 2.99. The van der Waals surface area contributed by atoms with Gasteiger partial charge in [-0.05, 0) is 36.4 Å². The number of benzene rings is 2. The lowest BCUT2D eigenvalue weighted by Gasteiger charge is -2.11. The highest BCUT2D eigenvalue weighted by molar-refractivity contribution is 5.73. The van der Waals surface area contributed by atoms with Crippen LogP contribution in [0.5, 0.6) is 0 Å². The summed E-state index contributed by atoms with van der Waals surface area (Å²) in [4.78, 5) is 17.5. The Bertz CT molecular complexity index is 1190. The van der Waals surface area contributed by atoms with Gasteiger partial charge in [0.05, 0.1) is 28.6 Å². The van der Waals surface area contributed by atoms with Crippen LogP contribution in [0.15, 0.2) is 89.9 Å². The van der Waals surface area contributed by atoms with Crippen molar-refractivity contribution >= 4 is 0 Å². The Hall–Kier alpha value is -4.04. The molecule has 0 aliphatic rings. The molecule has 5 heteroatoms. The van der Waals surface area contributed by atoms with Gasteiger partial charge in [-0.2, -0.15) is 15.0 Å². The lowest BCUT2D eigenvalue weighted by Crippen LogP contribution is -2.23. The van der Waals surface area contributed by atoms with Crippen molar-refractivity contribution in [3.63, 3.8) is 0 Å². The van der Waals surface area contributed by atoms with Crippen LogP contribution >= 0.6 is 0 Å². The van der Waals surface area contributed by atoms with E-state index in [0.29, 0.717) is 33.8 Å². The van der Waals surface area contributed by atoms with Gasteiger partial charge in [0.15, 0.2) is 0 Å². The number of pyridine rings is 1. The molecule has 0 unspecified atom stereocenters. The number of nitriles is 1. The Labute approximate surface area is 155 Å². The first-order valence-corrected chi connectivity index (χ1v) is 8.38. The minimum atomic E-state index is -0.288. The maximum absolute atomic E-state index is 13.2. The molecule has 0 radical (unpaired) electrons. The Morgan fingerprint density at radius 2 is 1.56 bits per heavy atom. The lowest BCUT2D eigenvalue weighted by molar-refractivity contribution is 0.813. The van der Waals surface area contributed by atoms with Crippen molar-refractivity contribution in [3.8, 4) is 34.3 Å². The first-order chi connectivity index (χ1) is 13.3. The van der Waals surface area contributed by atoms with Crippen molar-refractivity contribution in [1.29, 1.82) is 5.26 Å². The predicted molar refractivity (Wildman–Crippen MR) is 103 cm³/mol. The summed E-state index contributed by atoms with van der Waals surface area (Å²) in [6.45, 7) is 0. The van der Waals surface area contributed by atoms with Crippen LogP contribution in [-0.2, 0) is 0 Å². The van der Waals surface area contributed by atoms with E-state index in [1.165, 1.54) is 4.68 Å². The number of hydrogen-bond acceptors (Lipinski definition) is 4. The van der Waals surface area contributed by atoms with E-state index < -0.39 is 0 Å². The third kappa shape index (κ3) is 3.12. The summed E-state index contributed by atoms with van der Waals surface area (Å²) in [6.07, 6.45) is 1.68. The third-order valence-electron chi connectivity index (χ3n) is 4.18. The van der Waals surface area contributed by atoms with Crippen LogP contribution in [-0.4, -0.2) is 14.8 Å². The second-order valence-electron chi connectivity index (χ2n) is 5.87. The normalized spacial score (nSPS) is 10.3. The first-order valence-electron chi connectivity index (χ1n) is 8.38. The highest BCUT2D eigenvalue weighted by Crippen LogP contribution is 2.24. The van der Waals surface area contributed by atoms with Gasteiger partial charge in [-0.15, -0.1) is 0 Å². The van der Waals surface area contributed by atoms with Gasteiger partial charge < -0.3 is 0 Å². The molecular weight excluding hydrogens is 336 g/mol. The maximum atomic E-state index is 13.2. The molecule has 2 heterocycles. The van der Waals surface area contributed by atoms with E-state index in [1.54, 1.807) is 30.5 Å². The molecule has 0 aliphatic carbocycles. The summed E-state index contributed by atoms with van der Waals surface area (Å²) >= 11 is 0. The van der Waals surface area contributed by atoms with Crippen LogP contribution < -0.4 is 5.56 Å². The Morgan fingerprint density at radius 1 is 0.815 bits per heavy atom. The fourth-order valence-corrected chi connectivity index (χ4v) is 2.89. The molecule has 0 saturated heterocycles. The number of aromatic nitrogens is 3. The largest absolute Gasteiger partial charge is 0.279 e. The van der Waals surface area contributed by atoms with Crippen LogP contribution in [0, 0.1) is 11.3 Å². The Kier molecular flexibility index (Phi) is 4.30. The van der Waals surface area contributed by atoms with E-state index in [2.05, 4.69) is 16.2 Å². The van der Waals surface area contributed by atoms with Crippen molar-refractivity contribution < 1.29 is 0 Å². The lowest BCUT2D eigenvalue weighted by atomic mass is 10.0. The number of para-hydroxylation sites is 1. The van der Waals surface area contributed by atoms with Crippen molar-refractivity contribution in [1.82, 2.24) is 14.8 Å². The molecule has 0 atom stereocenters. The standard InChI is InChI=1S/C22H14N4O/c23-15-16-8-4-5-11-18(16)19-14-21(20-12-6-7-13-24-20)25-26(22(19)27)17-9-2-1-3-10-17/h1-14H. The molecule has 4 rings (SSSR count). The van der Waals surface area contributed by atoms with E-state index in [-0.39, 0.29) is 5.56 Å². The molecule has 128 valence electrons. The Balaban J connectivity index is 2.04. The molecule has 0 spiro atoms. The SMILES string of the molecule is N#Cc1ccccc1-c1cc(-c2ccccn2)nn(-c2ccccc2)c1=O. The molecule has 27 heavy (non-hydrogen) atoms. The molecule has 0 fully saturated rings. The molecule has 0 N–H and O–H groups in total. The van der Waals surface area contributed by atoms with Gasteiger partial charge in [-0.1, -0.05) is 42.5 Å². The molecule has 0 aliphatic heterocycles. The van der Waals surface area contributed by atoms with Gasteiger partial charge in [0.1, 0.15) is 5.69 Å². The molecule has 0 bridgehead atoms. The molecule has 5 nitrogen and oxygen atoms in total. The summed E-state index contributed by atoms with van der Waals surface area (Å²) in [5, 5.41) is 14.0. The van der Waals surface area contributed by atoms with Crippen molar-refractivity contribution in [2.45, 2.75) is 0 Å². The zero-order chi connectivity index (χ0) is 18.6. The topological polar surface area (TPSA) is 71.6 Å². The van der Waals surface area contributed by atoms with Gasteiger partial charge in [-0.3, -0.25) is 9.78 Å². The summed E-state index contributed by atoms with van der Waals surface area (Å²) < 4.78 is 1.35. The first kappa shape index (κ1) is 16.4. The zero-order valence-corrected chi connectivity index (χ0v) is 14.3. The average Bonchev–Trinajstić information content (AvgIpc) is 2.75. The second-order valence-corrected chi connectivity index (χ2v) is 5.87. The number of hydrogen-bond donors (Lipinski definition) is 0. The molecule has 0 saturated carbocycles. The van der Waals surface area contributed by atoms with E-state index in [4.69, 9.17) is 0 Å². The minimum Gasteiger partial charge on any atom is -0.267 e. The maximum Gasteiger partial charge on any atom is 0.279 e. The zero-order valence-electron chi connectivity index (χ0n) is 14.3. The second kappa shape index (κ2) is 7.06. The quantitative estimate of drug-likeness (QED) is 0.563. The van der Waals surface area contributed by atoms with Crippen LogP contribution in [0.25, 0.3) is 28.2 Å². The highest BCUT2D eigenvalue weighted by atomic mass is 16.1. The van der Waals surface area contributed by atoms with E-state index in [1.807, 2.05) is 54.6 Å². The van der Waals surface area contributed by atoms with Gasteiger partial charge in [0.25, 0.3) is 5.56 Å². The van der Waals surface area contributed by atoms with Gasteiger partial charge in [-0.25, -0.2) is 0 Å². The minimum absolute atomic E-state index is 0.288. The summed E-state index contributed by atoms with van der Waals surface area (Å²) in [6, 6.07) is 25.6. The van der Waals surface area contributed by atoms with Crippen molar-refractivity contribution in [3.05, 3.63) is 101 Å². The summed E-state index contributed by atoms with van der Waals surface area (Å²) in [5.74, 6) is 0. The van der Waals surface area contributed by atoms with Crippen LogP contribution in [0.1, 0.15) is 5.56 Å². The summed E-state index contributed by atoms with van der Waals surface area (Å²) in [7, 11) is 0. The highest BCUT2D eigenvalue weighted by Gasteiger charge is 2.15. The van der Waals surface area contributed by atoms with Crippen LogP contribution in [0.4, 0.5) is 0 Å². The smallest absolute Gasteiger partial charge is 0.267 e. The molecule has 4 aromatic rings. The predicted octanol–water partition coefficient (Wildman–Crippen LogP) is 3.83.